The highest BCUT2D eigenvalue weighted by Crippen LogP contribution is 2.18. The standard InChI is InChI=1S/C22H27N7O3/c1-26-16-19(15-24-26)29-8-5-21(30)20(25-29)14-17-3-2-4-18(13-17)28(22(31)32)12-11-27-9-6-23-7-10-27/h2-5,8,13,15-16,23H,6-7,9-12,14H2,1H3,(H,31,32). The Morgan fingerprint density at radius 1 is 1.25 bits per heavy atom. The minimum Gasteiger partial charge on any atom is -0.465 e. The summed E-state index contributed by atoms with van der Waals surface area (Å²) in [5, 5.41) is 21.7. The Bertz CT molecular complexity index is 1130. The van der Waals surface area contributed by atoms with Gasteiger partial charge in [-0.1, -0.05) is 12.1 Å². The fourth-order valence-corrected chi connectivity index (χ4v) is 3.78. The highest BCUT2D eigenvalue weighted by Gasteiger charge is 2.18. The van der Waals surface area contributed by atoms with Crippen LogP contribution in [-0.2, 0) is 13.5 Å². The number of rotatable bonds is 7. The van der Waals surface area contributed by atoms with Gasteiger partial charge in [0.2, 0.25) is 5.43 Å². The van der Waals surface area contributed by atoms with Gasteiger partial charge in [0, 0.05) is 70.7 Å². The monoisotopic (exact) mass is 437 g/mol. The number of piperazine rings is 1. The second-order valence-electron chi connectivity index (χ2n) is 7.82. The lowest BCUT2D eigenvalue weighted by atomic mass is 10.1. The Kier molecular flexibility index (Phi) is 6.62. The topological polar surface area (TPSA) is 109 Å². The fourth-order valence-electron chi connectivity index (χ4n) is 3.78. The van der Waals surface area contributed by atoms with Crippen LogP contribution in [0.4, 0.5) is 10.5 Å². The number of nitrogens with one attached hydrogen (secondary N) is 1. The van der Waals surface area contributed by atoms with Gasteiger partial charge in [-0.15, -0.1) is 0 Å². The van der Waals surface area contributed by atoms with Gasteiger partial charge >= 0.3 is 6.09 Å². The molecule has 0 radical (unpaired) electrons. The van der Waals surface area contributed by atoms with Crippen molar-refractivity contribution in [3.05, 3.63) is 70.4 Å². The smallest absolute Gasteiger partial charge is 0.411 e. The van der Waals surface area contributed by atoms with E-state index in [1.807, 2.05) is 31.4 Å². The zero-order valence-electron chi connectivity index (χ0n) is 18.0. The summed E-state index contributed by atoms with van der Waals surface area (Å²) >= 11 is 0. The lowest BCUT2D eigenvalue weighted by molar-refractivity contribution is 0.198. The fraction of sp³-hybridized carbons (Fsp3) is 0.364. The SMILES string of the molecule is Cn1cc(-n2ccc(=O)c(Cc3cccc(N(CCN4CCNCC4)C(=O)O)c3)n2)cn1. The second kappa shape index (κ2) is 9.75. The molecule has 0 bridgehead atoms. The summed E-state index contributed by atoms with van der Waals surface area (Å²) in [4.78, 5) is 27.9. The molecule has 1 aliphatic rings. The molecule has 1 aliphatic heterocycles. The minimum atomic E-state index is -0.992. The molecule has 0 unspecified atom stereocenters. The quantitative estimate of drug-likeness (QED) is 0.566. The van der Waals surface area contributed by atoms with E-state index in [9.17, 15) is 14.7 Å². The van der Waals surface area contributed by atoms with Crippen LogP contribution in [0.1, 0.15) is 11.3 Å². The zero-order chi connectivity index (χ0) is 22.5. The first-order chi connectivity index (χ1) is 15.5. The first-order valence-corrected chi connectivity index (χ1v) is 10.6. The number of aryl methyl sites for hydroxylation is 1. The van der Waals surface area contributed by atoms with Crippen LogP contribution in [0.15, 0.2) is 53.7 Å². The van der Waals surface area contributed by atoms with Crippen LogP contribution in [-0.4, -0.2) is 74.9 Å². The third-order valence-corrected chi connectivity index (χ3v) is 5.51. The molecule has 10 heteroatoms. The lowest BCUT2D eigenvalue weighted by Gasteiger charge is -2.29. The maximum atomic E-state index is 12.4. The summed E-state index contributed by atoms with van der Waals surface area (Å²) in [6, 6.07) is 8.77. The van der Waals surface area contributed by atoms with Crippen LogP contribution in [0.2, 0.25) is 0 Å². The van der Waals surface area contributed by atoms with E-state index in [0.717, 1.165) is 37.4 Å². The van der Waals surface area contributed by atoms with Crippen molar-refractivity contribution >= 4 is 11.8 Å². The summed E-state index contributed by atoms with van der Waals surface area (Å²) in [6.45, 7) is 4.73. The first-order valence-electron chi connectivity index (χ1n) is 10.6. The molecular formula is C22H27N7O3. The Balaban J connectivity index is 1.52. The van der Waals surface area contributed by atoms with Gasteiger partial charge < -0.3 is 10.4 Å². The Labute approximate surface area is 185 Å². The predicted octanol–water partition coefficient (Wildman–Crippen LogP) is 0.946. The van der Waals surface area contributed by atoms with Crippen LogP contribution in [0, 0.1) is 0 Å². The number of benzene rings is 1. The van der Waals surface area contributed by atoms with Crippen molar-refractivity contribution in [3.63, 3.8) is 0 Å². The molecule has 10 nitrogen and oxygen atoms in total. The van der Waals surface area contributed by atoms with E-state index in [1.54, 1.807) is 27.8 Å². The van der Waals surface area contributed by atoms with Gasteiger partial charge in [-0.2, -0.15) is 10.2 Å². The van der Waals surface area contributed by atoms with Gasteiger partial charge in [-0.05, 0) is 17.7 Å². The Morgan fingerprint density at radius 3 is 2.78 bits per heavy atom. The highest BCUT2D eigenvalue weighted by atomic mass is 16.4. The molecule has 0 spiro atoms. The van der Waals surface area contributed by atoms with Gasteiger partial charge in [0.25, 0.3) is 0 Å². The van der Waals surface area contributed by atoms with Crippen molar-refractivity contribution in [2.45, 2.75) is 6.42 Å². The molecule has 0 atom stereocenters. The zero-order valence-corrected chi connectivity index (χ0v) is 18.0. The number of carbonyl (C=O) groups is 1. The molecule has 3 aromatic rings. The third-order valence-electron chi connectivity index (χ3n) is 5.51. The summed E-state index contributed by atoms with van der Waals surface area (Å²) in [7, 11) is 1.81. The van der Waals surface area contributed by atoms with Crippen molar-refractivity contribution in [2.24, 2.45) is 7.05 Å². The van der Waals surface area contributed by atoms with Crippen LogP contribution in [0.3, 0.4) is 0 Å². The van der Waals surface area contributed by atoms with Crippen LogP contribution < -0.4 is 15.6 Å². The van der Waals surface area contributed by atoms with Crippen LogP contribution >= 0.6 is 0 Å². The summed E-state index contributed by atoms with van der Waals surface area (Å²) in [5.74, 6) is 0. The van der Waals surface area contributed by atoms with Gasteiger partial charge in [0.05, 0.1) is 12.4 Å². The third kappa shape index (κ3) is 5.21. The van der Waals surface area contributed by atoms with E-state index in [0.29, 0.717) is 30.9 Å². The van der Waals surface area contributed by atoms with E-state index in [-0.39, 0.29) is 5.43 Å². The van der Waals surface area contributed by atoms with E-state index < -0.39 is 6.09 Å². The van der Waals surface area contributed by atoms with Gasteiger partial charge in [-0.3, -0.25) is 19.3 Å². The summed E-state index contributed by atoms with van der Waals surface area (Å²) in [6.07, 6.45) is 4.41. The van der Waals surface area contributed by atoms with Crippen molar-refractivity contribution in [1.82, 2.24) is 29.8 Å². The van der Waals surface area contributed by atoms with Crippen LogP contribution in [0.25, 0.3) is 5.69 Å². The maximum Gasteiger partial charge on any atom is 0.411 e. The molecule has 0 aliphatic carbocycles. The van der Waals surface area contributed by atoms with Crippen LogP contribution in [0.5, 0.6) is 0 Å². The van der Waals surface area contributed by atoms with Crippen molar-refractivity contribution in [1.29, 1.82) is 0 Å². The number of hydrogen-bond acceptors (Lipinski definition) is 6. The molecule has 1 aromatic carbocycles. The number of amides is 1. The molecule has 1 amide bonds. The van der Waals surface area contributed by atoms with Crippen molar-refractivity contribution in [3.8, 4) is 5.69 Å². The first kappa shape index (κ1) is 21.7. The molecule has 1 fully saturated rings. The average molecular weight is 438 g/mol. The van der Waals surface area contributed by atoms with Gasteiger partial charge in [0.15, 0.2) is 0 Å². The Morgan fingerprint density at radius 2 is 2.06 bits per heavy atom. The average Bonchev–Trinajstić information content (AvgIpc) is 3.22. The lowest BCUT2D eigenvalue weighted by Crippen LogP contribution is -2.47. The predicted molar refractivity (Wildman–Crippen MR) is 121 cm³/mol. The molecule has 2 aromatic heterocycles. The van der Waals surface area contributed by atoms with Gasteiger partial charge in [0.1, 0.15) is 11.4 Å². The minimum absolute atomic E-state index is 0.163. The molecule has 4 rings (SSSR count). The number of nitrogens with zero attached hydrogens (tertiary/aromatic N) is 6. The molecule has 2 N–H and O–H groups in total. The molecular weight excluding hydrogens is 410 g/mol. The van der Waals surface area contributed by atoms with E-state index in [4.69, 9.17) is 0 Å². The van der Waals surface area contributed by atoms with E-state index in [2.05, 4.69) is 20.4 Å². The molecule has 0 saturated carbocycles. The molecule has 1 saturated heterocycles. The van der Waals surface area contributed by atoms with E-state index >= 15 is 0 Å². The van der Waals surface area contributed by atoms with Crippen molar-refractivity contribution < 1.29 is 9.90 Å². The number of carboxylic acid groups (broad SMARTS) is 1. The molecule has 32 heavy (non-hydrogen) atoms. The van der Waals surface area contributed by atoms with Gasteiger partial charge in [-0.25, -0.2) is 9.48 Å². The Hall–Kier alpha value is -3.50. The molecule has 168 valence electrons. The maximum absolute atomic E-state index is 12.4. The molecule has 3 heterocycles. The van der Waals surface area contributed by atoms with Crippen molar-refractivity contribution in [2.75, 3.05) is 44.2 Å². The summed E-state index contributed by atoms with van der Waals surface area (Å²) in [5.41, 5.74) is 2.39. The number of aromatic nitrogens is 4. The van der Waals surface area contributed by atoms with E-state index in [1.165, 1.54) is 11.0 Å². The highest BCUT2D eigenvalue weighted by molar-refractivity contribution is 5.86. The second-order valence-corrected chi connectivity index (χ2v) is 7.82. The normalized spacial score (nSPS) is 14.4. The summed E-state index contributed by atoms with van der Waals surface area (Å²) < 4.78 is 3.28. The largest absolute Gasteiger partial charge is 0.465 e. The number of hydrogen-bond donors (Lipinski definition) is 2. The number of anilines is 1.